The van der Waals surface area contributed by atoms with Gasteiger partial charge in [0.15, 0.2) is 0 Å². The minimum Gasteiger partial charge on any atom is -0.331 e. The van der Waals surface area contributed by atoms with Crippen molar-refractivity contribution in [2.45, 2.75) is 26.8 Å². The van der Waals surface area contributed by atoms with Crippen molar-refractivity contribution in [1.82, 2.24) is 4.57 Å². The van der Waals surface area contributed by atoms with Crippen LogP contribution >= 0.6 is 11.3 Å². The fourth-order valence-corrected chi connectivity index (χ4v) is 4.31. The number of nitrogens with one attached hydrogen (secondary N) is 1. The fraction of sp³-hybridized carbons (Fsp3) is 0.174. The number of para-hydroxylation sites is 1. The number of aromatic nitrogens is 1. The van der Waals surface area contributed by atoms with E-state index >= 15 is 0 Å². The van der Waals surface area contributed by atoms with Gasteiger partial charge in [-0.3, -0.25) is 4.79 Å². The van der Waals surface area contributed by atoms with Crippen LogP contribution in [-0.2, 0) is 13.0 Å². The molecule has 4 rings (SSSR count). The van der Waals surface area contributed by atoms with Crippen molar-refractivity contribution in [3.8, 4) is 0 Å². The number of thiophene rings is 1. The van der Waals surface area contributed by atoms with E-state index in [1.165, 1.54) is 12.1 Å². The van der Waals surface area contributed by atoms with Crippen LogP contribution in [0, 0.1) is 12.7 Å². The molecule has 0 atom stereocenters. The van der Waals surface area contributed by atoms with Gasteiger partial charge in [0.25, 0.3) is 5.91 Å². The number of amides is 1. The first-order valence-corrected chi connectivity index (χ1v) is 10.2. The molecule has 0 unspecified atom stereocenters. The molecule has 0 aliphatic rings. The molecule has 0 saturated carbocycles. The Morgan fingerprint density at radius 3 is 2.68 bits per heavy atom. The number of hydrogen-bond donors (Lipinski definition) is 1. The number of aryl methyl sites for hydroxylation is 2. The Morgan fingerprint density at radius 2 is 1.93 bits per heavy atom. The predicted octanol–water partition coefficient (Wildman–Crippen LogP) is 6.01. The number of nitrogens with zero attached hydrogens (tertiary/aromatic N) is 1. The average molecular weight is 392 g/mol. The zero-order valence-electron chi connectivity index (χ0n) is 15.8. The minimum absolute atomic E-state index is 0.130. The highest BCUT2D eigenvalue weighted by Gasteiger charge is 2.18. The Bertz CT molecular complexity index is 1140. The fourth-order valence-electron chi connectivity index (χ4n) is 3.49. The first-order chi connectivity index (χ1) is 13.6. The van der Waals surface area contributed by atoms with Gasteiger partial charge in [0.1, 0.15) is 11.5 Å². The van der Waals surface area contributed by atoms with Gasteiger partial charge in [0, 0.05) is 12.2 Å². The van der Waals surface area contributed by atoms with E-state index in [0.717, 1.165) is 39.0 Å². The van der Waals surface area contributed by atoms with Gasteiger partial charge in [-0.1, -0.05) is 37.3 Å². The Labute approximate surface area is 167 Å². The van der Waals surface area contributed by atoms with Crippen molar-refractivity contribution in [2.24, 2.45) is 0 Å². The van der Waals surface area contributed by atoms with Gasteiger partial charge in [-0.05, 0) is 59.7 Å². The number of fused-ring (bicyclic) bond motifs is 1. The molecule has 0 aliphatic heterocycles. The summed E-state index contributed by atoms with van der Waals surface area (Å²) in [6.45, 7) is 4.60. The number of hydrogen-bond acceptors (Lipinski definition) is 2. The third-order valence-corrected chi connectivity index (χ3v) is 5.84. The van der Waals surface area contributed by atoms with Gasteiger partial charge >= 0.3 is 0 Å². The lowest BCUT2D eigenvalue weighted by atomic mass is 10.1. The van der Waals surface area contributed by atoms with E-state index in [2.05, 4.69) is 12.2 Å². The van der Waals surface area contributed by atoms with Crippen LogP contribution < -0.4 is 5.32 Å². The van der Waals surface area contributed by atoms with Gasteiger partial charge in [0.2, 0.25) is 0 Å². The van der Waals surface area contributed by atoms with Gasteiger partial charge in [0.05, 0.1) is 10.2 Å². The highest BCUT2D eigenvalue weighted by atomic mass is 32.1. The molecular weight excluding hydrogens is 371 g/mol. The summed E-state index contributed by atoms with van der Waals surface area (Å²) in [6, 6.07) is 16.4. The lowest BCUT2D eigenvalue weighted by Crippen LogP contribution is -2.19. The molecule has 1 amide bonds. The number of benzene rings is 2. The highest BCUT2D eigenvalue weighted by Crippen LogP contribution is 2.28. The van der Waals surface area contributed by atoms with Crippen molar-refractivity contribution in [1.29, 1.82) is 0 Å². The second-order valence-corrected chi connectivity index (χ2v) is 7.78. The van der Waals surface area contributed by atoms with Crippen molar-refractivity contribution >= 4 is 33.1 Å². The van der Waals surface area contributed by atoms with E-state index < -0.39 is 0 Å². The van der Waals surface area contributed by atoms with E-state index in [9.17, 15) is 9.18 Å². The number of carbonyl (C=O) groups excluding carboxylic acids is 1. The van der Waals surface area contributed by atoms with E-state index in [1.807, 2.05) is 47.2 Å². The SMILES string of the molecule is CCc1cccc(C)c1NC(=O)c1cc2sccc2n1Cc1ccc(F)cc1. The summed E-state index contributed by atoms with van der Waals surface area (Å²) < 4.78 is 16.3. The molecule has 0 saturated heterocycles. The quantitative estimate of drug-likeness (QED) is 0.443. The Kier molecular flexibility index (Phi) is 5.01. The molecule has 0 radical (unpaired) electrons. The average Bonchev–Trinajstić information content (AvgIpc) is 3.27. The minimum atomic E-state index is -0.262. The molecule has 0 spiro atoms. The Hall–Kier alpha value is -2.92. The van der Waals surface area contributed by atoms with Crippen LogP contribution in [0.5, 0.6) is 0 Å². The normalized spacial score (nSPS) is 11.1. The second-order valence-electron chi connectivity index (χ2n) is 6.83. The van der Waals surface area contributed by atoms with Gasteiger partial charge in [-0.2, -0.15) is 0 Å². The third-order valence-electron chi connectivity index (χ3n) is 4.99. The lowest BCUT2D eigenvalue weighted by Gasteiger charge is -2.15. The first-order valence-electron chi connectivity index (χ1n) is 9.28. The van der Waals surface area contributed by atoms with Crippen molar-refractivity contribution in [3.63, 3.8) is 0 Å². The third kappa shape index (κ3) is 3.45. The maximum Gasteiger partial charge on any atom is 0.272 e. The first kappa shape index (κ1) is 18.4. The van der Waals surface area contributed by atoms with Crippen molar-refractivity contribution < 1.29 is 9.18 Å². The summed E-state index contributed by atoms with van der Waals surface area (Å²) in [5.74, 6) is -0.393. The predicted molar refractivity (Wildman–Crippen MR) is 114 cm³/mol. The molecule has 142 valence electrons. The van der Waals surface area contributed by atoms with Gasteiger partial charge in [-0.15, -0.1) is 11.3 Å². The molecule has 2 aromatic carbocycles. The van der Waals surface area contributed by atoms with Crippen LogP contribution in [0.3, 0.4) is 0 Å². The Morgan fingerprint density at radius 1 is 1.14 bits per heavy atom. The molecule has 0 fully saturated rings. The summed E-state index contributed by atoms with van der Waals surface area (Å²) in [5, 5.41) is 5.13. The van der Waals surface area contributed by atoms with Crippen LogP contribution in [0.2, 0.25) is 0 Å². The molecule has 4 aromatic rings. The summed E-state index contributed by atoms with van der Waals surface area (Å²) in [4.78, 5) is 13.2. The molecule has 28 heavy (non-hydrogen) atoms. The van der Waals surface area contributed by atoms with E-state index in [0.29, 0.717) is 12.2 Å². The van der Waals surface area contributed by atoms with E-state index in [4.69, 9.17) is 0 Å². The summed E-state index contributed by atoms with van der Waals surface area (Å²) in [7, 11) is 0. The molecule has 2 aromatic heterocycles. The van der Waals surface area contributed by atoms with Crippen molar-refractivity contribution in [2.75, 3.05) is 5.32 Å². The van der Waals surface area contributed by atoms with E-state index in [1.54, 1.807) is 23.5 Å². The molecule has 0 aliphatic carbocycles. The molecule has 0 bridgehead atoms. The topological polar surface area (TPSA) is 34.0 Å². The Balaban J connectivity index is 1.71. The molecule has 3 nitrogen and oxygen atoms in total. The molecule has 5 heteroatoms. The summed E-state index contributed by atoms with van der Waals surface area (Å²) >= 11 is 1.61. The number of carbonyl (C=O) groups is 1. The second kappa shape index (κ2) is 7.60. The summed E-state index contributed by atoms with van der Waals surface area (Å²) in [6.07, 6.45) is 0.850. The maximum atomic E-state index is 13.3. The maximum absolute atomic E-state index is 13.3. The smallest absolute Gasteiger partial charge is 0.272 e. The van der Waals surface area contributed by atoms with E-state index in [-0.39, 0.29) is 11.7 Å². The molecular formula is C23H21FN2OS. The largest absolute Gasteiger partial charge is 0.331 e. The molecule has 2 heterocycles. The zero-order chi connectivity index (χ0) is 19.7. The monoisotopic (exact) mass is 392 g/mol. The lowest BCUT2D eigenvalue weighted by molar-refractivity contribution is 0.101. The number of halogens is 1. The van der Waals surface area contributed by atoms with Gasteiger partial charge in [-0.25, -0.2) is 4.39 Å². The molecule has 1 N–H and O–H groups in total. The highest BCUT2D eigenvalue weighted by molar-refractivity contribution is 7.17. The standard InChI is InChI=1S/C23H21FN2OS/c1-3-17-6-4-5-15(2)22(17)25-23(27)20-13-21-19(11-12-28-21)26(20)14-16-7-9-18(24)10-8-16/h4-13H,3,14H2,1-2H3,(H,25,27). The van der Waals surface area contributed by atoms with Crippen LogP contribution in [0.15, 0.2) is 60.0 Å². The van der Waals surface area contributed by atoms with Crippen LogP contribution in [-0.4, -0.2) is 10.5 Å². The van der Waals surface area contributed by atoms with Crippen molar-refractivity contribution in [3.05, 3.63) is 88.2 Å². The summed E-state index contributed by atoms with van der Waals surface area (Å²) in [5.41, 5.74) is 5.62. The van der Waals surface area contributed by atoms with Gasteiger partial charge < -0.3 is 9.88 Å². The number of rotatable bonds is 5. The van der Waals surface area contributed by atoms with Crippen LogP contribution in [0.1, 0.15) is 34.1 Å². The van der Waals surface area contributed by atoms with Crippen LogP contribution in [0.25, 0.3) is 10.2 Å². The number of anilines is 1. The zero-order valence-corrected chi connectivity index (χ0v) is 16.6. The van der Waals surface area contributed by atoms with Crippen LogP contribution in [0.4, 0.5) is 10.1 Å².